The number of rotatable bonds is 2. The molecule has 7 rings (SSSR count). The molecule has 0 radical (unpaired) electrons. The summed E-state index contributed by atoms with van der Waals surface area (Å²) in [5.41, 5.74) is 3.67. The molecule has 2 aromatic heterocycles. The van der Waals surface area contributed by atoms with Gasteiger partial charge in [0.2, 0.25) is 0 Å². The zero-order chi connectivity index (χ0) is 27.9. The number of amides is 1. The number of carbonyl (C=O) groups is 1. The van der Waals surface area contributed by atoms with Gasteiger partial charge in [0.15, 0.2) is 5.03 Å². The van der Waals surface area contributed by atoms with Crippen molar-refractivity contribution in [2.24, 2.45) is 7.05 Å². The number of nitrogens with zero attached hydrogens (tertiary/aromatic N) is 4. The minimum atomic E-state index is -3.89. The largest absolute Gasteiger partial charge is 0.494 e. The van der Waals surface area contributed by atoms with Crippen LogP contribution < -0.4 is 14.8 Å². The van der Waals surface area contributed by atoms with Crippen molar-refractivity contribution in [1.82, 2.24) is 24.4 Å². The molecule has 4 aromatic rings. The summed E-state index contributed by atoms with van der Waals surface area (Å²) in [6.45, 7) is 2.86. The molecule has 10 nitrogen and oxygen atoms in total. The molecule has 5 heterocycles. The Bertz CT molecular complexity index is 1700. The number of nitrogens with one attached hydrogen (secondary N) is 1. The molecule has 1 unspecified atom stereocenters. The van der Waals surface area contributed by atoms with Crippen LogP contribution in [-0.2, 0) is 23.5 Å². The highest BCUT2D eigenvalue weighted by Crippen LogP contribution is 2.41. The fraction of sp³-hybridized carbons (Fsp3) is 0.276. The van der Waals surface area contributed by atoms with Crippen molar-refractivity contribution in [3.05, 3.63) is 94.9 Å². The minimum Gasteiger partial charge on any atom is -0.494 e. The molecule has 206 valence electrons. The SMILES string of the molecule is Cc1cc(S(=O)(=O)N2CCc3cc4ccc3C2c2cccc(c2)OCCCNC(=O)c2cncc(c2)O4)n(C)n1. The zero-order valence-electron chi connectivity index (χ0n) is 22.2. The number of sulfonamides is 1. The number of hydrogen-bond acceptors (Lipinski definition) is 7. The van der Waals surface area contributed by atoms with Gasteiger partial charge in [-0.2, -0.15) is 9.40 Å². The zero-order valence-corrected chi connectivity index (χ0v) is 23.0. The first-order chi connectivity index (χ1) is 19.3. The molecule has 0 saturated carbocycles. The van der Waals surface area contributed by atoms with E-state index in [4.69, 9.17) is 9.47 Å². The van der Waals surface area contributed by atoms with Gasteiger partial charge in [-0.05, 0) is 72.9 Å². The van der Waals surface area contributed by atoms with Crippen LogP contribution in [0.1, 0.15) is 45.2 Å². The number of benzene rings is 2. The van der Waals surface area contributed by atoms with Crippen LogP contribution in [0, 0.1) is 6.92 Å². The van der Waals surface area contributed by atoms with Gasteiger partial charge in [0.25, 0.3) is 15.9 Å². The first-order valence-corrected chi connectivity index (χ1v) is 14.5. The summed E-state index contributed by atoms with van der Waals surface area (Å²) in [4.78, 5) is 16.8. The van der Waals surface area contributed by atoms with Crippen molar-refractivity contribution in [2.75, 3.05) is 19.7 Å². The maximum atomic E-state index is 14.1. The van der Waals surface area contributed by atoms with Crippen LogP contribution in [0.4, 0.5) is 0 Å². The second-order valence-corrected chi connectivity index (χ2v) is 11.8. The molecular formula is C29H29N5O5S. The topological polar surface area (TPSA) is 116 Å². The van der Waals surface area contributed by atoms with Crippen molar-refractivity contribution < 1.29 is 22.7 Å². The highest BCUT2D eigenvalue weighted by Gasteiger charge is 2.39. The van der Waals surface area contributed by atoms with Crippen molar-refractivity contribution >= 4 is 15.9 Å². The fourth-order valence-electron chi connectivity index (χ4n) is 5.27. The summed E-state index contributed by atoms with van der Waals surface area (Å²) >= 11 is 0. The van der Waals surface area contributed by atoms with Crippen molar-refractivity contribution in [1.29, 1.82) is 0 Å². The van der Waals surface area contributed by atoms with E-state index in [0.717, 1.165) is 16.7 Å². The molecule has 3 aliphatic rings. The maximum absolute atomic E-state index is 14.1. The number of aryl methyl sites for hydroxylation is 2. The lowest BCUT2D eigenvalue weighted by atomic mass is 9.89. The summed E-state index contributed by atoms with van der Waals surface area (Å²) in [6, 6.07) is 15.8. The van der Waals surface area contributed by atoms with Crippen molar-refractivity contribution in [3.63, 3.8) is 0 Å². The Balaban J connectivity index is 1.47. The van der Waals surface area contributed by atoms with Crippen LogP contribution in [0.15, 0.2) is 72.0 Å². The van der Waals surface area contributed by atoms with E-state index in [1.165, 1.54) is 10.9 Å². The second kappa shape index (κ2) is 10.4. The molecule has 1 amide bonds. The number of ether oxygens (including phenoxy) is 2. The number of hydrogen-bond donors (Lipinski definition) is 1. The van der Waals surface area contributed by atoms with Crippen LogP contribution >= 0.6 is 0 Å². The molecular weight excluding hydrogens is 530 g/mol. The average Bonchev–Trinajstić information content (AvgIpc) is 3.30. The van der Waals surface area contributed by atoms with Crippen LogP contribution in [-0.4, -0.2) is 53.1 Å². The van der Waals surface area contributed by atoms with Crippen LogP contribution in [0.3, 0.4) is 0 Å². The van der Waals surface area contributed by atoms with Gasteiger partial charge in [-0.3, -0.25) is 14.5 Å². The average molecular weight is 560 g/mol. The standard InChI is InChI=1S/C29H29N5O5S/c1-19-13-27(33(2)32-19)40(36,37)34-11-9-20-14-24-7-8-26(20)28(34)21-5-3-6-23(15-21)38-12-4-10-31-29(35)22-16-25(39-24)18-30-17-22/h3,5-8,13-18,28H,4,9-12H2,1-2H3,(H,31,35). The Morgan fingerprint density at radius 3 is 2.73 bits per heavy atom. The van der Waals surface area contributed by atoms with Crippen molar-refractivity contribution in [3.8, 4) is 17.2 Å². The molecule has 11 heteroatoms. The molecule has 0 saturated heterocycles. The quantitative estimate of drug-likeness (QED) is 0.398. The fourth-order valence-corrected chi connectivity index (χ4v) is 7.05. The van der Waals surface area contributed by atoms with Gasteiger partial charge < -0.3 is 14.8 Å². The van der Waals surface area contributed by atoms with E-state index in [0.29, 0.717) is 54.5 Å². The molecule has 8 bridgehead atoms. The van der Waals surface area contributed by atoms with Crippen LogP contribution in [0.2, 0.25) is 0 Å². The Kier molecular flexibility index (Phi) is 6.77. The Morgan fingerprint density at radius 1 is 1.02 bits per heavy atom. The molecule has 1 atom stereocenters. The molecule has 0 fully saturated rings. The number of pyridine rings is 1. The summed E-state index contributed by atoms with van der Waals surface area (Å²) in [6.07, 6.45) is 4.14. The molecule has 3 aliphatic heterocycles. The predicted molar refractivity (Wildman–Crippen MR) is 147 cm³/mol. The van der Waals surface area contributed by atoms with Crippen molar-refractivity contribution in [2.45, 2.75) is 30.8 Å². The van der Waals surface area contributed by atoms with Gasteiger partial charge in [0, 0.05) is 26.3 Å². The van der Waals surface area contributed by atoms with E-state index in [1.54, 1.807) is 36.6 Å². The highest BCUT2D eigenvalue weighted by atomic mass is 32.2. The third-order valence-corrected chi connectivity index (χ3v) is 9.01. The maximum Gasteiger partial charge on any atom is 0.261 e. The monoisotopic (exact) mass is 559 g/mol. The van der Waals surface area contributed by atoms with Gasteiger partial charge >= 0.3 is 0 Å². The van der Waals surface area contributed by atoms with E-state index in [-0.39, 0.29) is 17.5 Å². The van der Waals surface area contributed by atoms with E-state index < -0.39 is 16.1 Å². The molecule has 0 aliphatic carbocycles. The van der Waals surface area contributed by atoms with Gasteiger partial charge in [0.1, 0.15) is 17.2 Å². The Labute approximate surface area is 232 Å². The third kappa shape index (κ3) is 4.93. The predicted octanol–water partition coefficient (Wildman–Crippen LogP) is 3.76. The summed E-state index contributed by atoms with van der Waals surface area (Å²) in [5, 5.41) is 7.31. The smallest absolute Gasteiger partial charge is 0.261 e. The third-order valence-electron chi connectivity index (χ3n) is 7.09. The lowest BCUT2D eigenvalue weighted by Gasteiger charge is -2.37. The molecule has 1 N–H and O–H groups in total. The first kappa shape index (κ1) is 26.0. The molecule has 40 heavy (non-hydrogen) atoms. The normalized spacial score (nSPS) is 17.8. The van der Waals surface area contributed by atoms with E-state index >= 15 is 0 Å². The lowest BCUT2D eigenvalue weighted by molar-refractivity contribution is 0.0951. The van der Waals surface area contributed by atoms with Gasteiger partial charge in [-0.1, -0.05) is 18.2 Å². The summed E-state index contributed by atoms with van der Waals surface area (Å²) < 4.78 is 43.2. The van der Waals surface area contributed by atoms with Crippen LogP contribution in [0.25, 0.3) is 0 Å². The Morgan fingerprint density at radius 2 is 1.90 bits per heavy atom. The second-order valence-electron chi connectivity index (χ2n) is 9.92. The lowest BCUT2D eigenvalue weighted by Crippen LogP contribution is -2.41. The van der Waals surface area contributed by atoms with E-state index in [1.807, 2.05) is 42.5 Å². The van der Waals surface area contributed by atoms with Gasteiger partial charge in [-0.15, -0.1) is 0 Å². The summed E-state index contributed by atoms with van der Waals surface area (Å²) in [5.74, 6) is 1.41. The minimum absolute atomic E-state index is 0.148. The van der Waals surface area contributed by atoms with Crippen LogP contribution in [0.5, 0.6) is 17.2 Å². The molecule has 2 aromatic carbocycles. The Hall–Kier alpha value is -4.22. The molecule has 0 spiro atoms. The van der Waals surface area contributed by atoms with E-state index in [9.17, 15) is 13.2 Å². The number of aromatic nitrogens is 3. The first-order valence-electron chi connectivity index (χ1n) is 13.1. The van der Waals surface area contributed by atoms with E-state index in [2.05, 4.69) is 15.4 Å². The summed E-state index contributed by atoms with van der Waals surface area (Å²) in [7, 11) is -2.25. The highest BCUT2D eigenvalue weighted by molar-refractivity contribution is 7.89. The number of carbonyl (C=O) groups excluding carboxylic acids is 1. The van der Waals surface area contributed by atoms with Gasteiger partial charge in [0.05, 0.1) is 30.1 Å². The number of fused-ring (bicyclic) bond motifs is 6. The van der Waals surface area contributed by atoms with Gasteiger partial charge in [-0.25, -0.2) is 8.42 Å².